The van der Waals surface area contributed by atoms with Crippen LogP contribution in [0.1, 0.15) is 31.2 Å². The maximum atomic E-state index is 5.23. The van der Waals surface area contributed by atoms with Crippen molar-refractivity contribution in [3.05, 3.63) is 28.2 Å². The Morgan fingerprint density at radius 1 is 1.41 bits per heavy atom. The molecule has 0 heterocycles. The molecule has 0 amide bonds. The maximum absolute atomic E-state index is 5.23. The summed E-state index contributed by atoms with van der Waals surface area (Å²) in [6.07, 6.45) is 6.53. The Kier molecular flexibility index (Phi) is 4.92. The van der Waals surface area contributed by atoms with Crippen molar-refractivity contribution in [2.45, 2.75) is 36.9 Å². The van der Waals surface area contributed by atoms with E-state index in [-0.39, 0.29) is 0 Å². The summed E-state index contributed by atoms with van der Waals surface area (Å²) in [6.45, 7) is 0. The summed E-state index contributed by atoms with van der Waals surface area (Å²) in [5.74, 6) is 1.86. The molecule has 1 nitrogen and oxygen atoms in total. The second-order valence-corrected chi connectivity index (χ2v) is 6.75. The van der Waals surface area contributed by atoms with Gasteiger partial charge in [0.2, 0.25) is 0 Å². The van der Waals surface area contributed by atoms with E-state index in [9.17, 15) is 0 Å². The van der Waals surface area contributed by atoms with Crippen molar-refractivity contribution in [3.8, 4) is 5.75 Å². The quantitative estimate of drug-likeness (QED) is 0.651. The summed E-state index contributed by atoms with van der Waals surface area (Å²) in [5.41, 5.74) is 1.38. The maximum Gasteiger partial charge on any atom is 0.133 e. The fourth-order valence-electron chi connectivity index (χ4n) is 2.06. The first kappa shape index (κ1) is 13.4. The molecule has 1 aromatic carbocycles. The third kappa shape index (κ3) is 3.99. The smallest absolute Gasteiger partial charge is 0.133 e. The van der Waals surface area contributed by atoms with Crippen LogP contribution in [0.4, 0.5) is 0 Å². The molecule has 0 aromatic heterocycles. The fraction of sp³-hybridized carbons (Fsp3) is 0.571. The summed E-state index contributed by atoms with van der Waals surface area (Å²) in [7, 11) is 1.70. The number of hydrogen-bond donors (Lipinski definition) is 0. The Morgan fingerprint density at radius 2 is 2.18 bits per heavy atom. The van der Waals surface area contributed by atoms with Crippen LogP contribution in [0.15, 0.2) is 22.7 Å². The molecule has 1 unspecified atom stereocenters. The van der Waals surface area contributed by atoms with E-state index in [1.54, 1.807) is 7.11 Å². The fourth-order valence-corrected chi connectivity index (χ4v) is 3.50. The van der Waals surface area contributed by atoms with E-state index in [1.165, 1.54) is 31.2 Å². The highest BCUT2D eigenvalue weighted by atomic mass is 79.9. The number of hydrogen-bond acceptors (Lipinski definition) is 1. The Hall–Kier alpha value is -0.0200. The zero-order chi connectivity index (χ0) is 12.3. The van der Waals surface area contributed by atoms with Crippen LogP contribution in [0.5, 0.6) is 5.75 Å². The van der Waals surface area contributed by atoms with Gasteiger partial charge < -0.3 is 4.74 Å². The van der Waals surface area contributed by atoms with Gasteiger partial charge in [-0.1, -0.05) is 22.0 Å². The van der Waals surface area contributed by atoms with E-state index in [0.29, 0.717) is 0 Å². The standard InChI is InChI=1S/C14H18Br2O/c1-17-14-8-5-10(9-13(14)16)3-2-4-12(15)11-6-7-11/h5,8-9,11-12H,2-4,6-7H2,1H3. The van der Waals surface area contributed by atoms with Crippen LogP contribution in [-0.4, -0.2) is 11.9 Å². The average molecular weight is 362 g/mol. The van der Waals surface area contributed by atoms with Crippen LogP contribution in [0.25, 0.3) is 0 Å². The van der Waals surface area contributed by atoms with Crippen molar-refractivity contribution in [2.24, 2.45) is 5.92 Å². The minimum atomic E-state index is 0.740. The van der Waals surface area contributed by atoms with Gasteiger partial charge in [0.05, 0.1) is 11.6 Å². The van der Waals surface area contributed by atoms with Crippen molar-refractivity contribution in [3.63, 3.8) is 0 Å². The Balaban J connectivity index is 1.80. The van der Waals surface area contributed by atoms with Crippen molar-refractivity contribution < 1.29 is 4.74 Å². The monoisotopic (exact) mass is 360 g/mol. The van der Waals surface area contributed by atoms with E-state index in [0.717, 1.165) is 27.4 Å². The number of methoxy groups -OCH3 is 1. The molecule has 0 saturated heterocycles. The van der Waals surface area contributed by atoms with Crippen molar-refractivity contribution in [1.29, 1.82) is 0 Å². The van der Waals surface area contributed by atoms with E-state index in [1.807, 2.05) is 6.07 Å². The lowest BCUT2D eigenvalue weighted by atomic mass is 10.1. The summed E-state index contributed by atoms with van der Waals surface area (Å²) in [6, 6.07) is 6.36. The number of halogens is 2. The Morgan fingerprint density at radius 3 is 2.76 bits per heavy atom. The van der Waals surface area contributed by atoms with Crippen molar-refractivity contribution in [1.82, 2.24) is 0 Å². The minimum absolute atomic E-state index is 0.740. The Bertz CT molecular complexity index is 374. The normalized spacial score (nSPS) is 16.9. The highest BCUT2D eigenvalue weighted by Crippen LogP contribution is 2.38. The van der Waals surface area contributed by atoms with Crippen LogP contribution in [0, 0.1) is 5.92 Å². The van der Waals surface area contributed by atoms with E-state index < -0.39 is 0 Å². The van der Waals surface area contributed by atoms with E-state index in [4.69, 9.17) is 4.74 Å². The number of aryl methyl sites for hydroxylation is 1. The third-order valence-corrected chi connectivity index (χ3v) is 5.12. The van der Waals surface area contributed by atoms with Gasteiger partial charge in [-0.15, -0.1) is 0 Å². The van der Waals surface area contributed by atoms with Crippen LogP contribution in [-0.2, 0) is 6.42 Å². The van der Waals surface area contributed by atoms with Crippen molar-refractivity contribution >= 4 is 31.9 Å². The molecular weight excluding hydrogens is 344 g/mol. The van der Waals surface area contributed by atoms with Crippen molar-refractivity contribution in [2.75, 3.05) is 7.11 Å². The van der Waals surface area contributed by atoms with Gasteiger partial charge in [0.1, 0.15) is 5.75 Å². The molecular formula is C14H18Br2O. The van der Waals surface area contributed by atoms with Gasteiger partial charge in [0.25, 0.3) is 0 Å². The zero-order valence-electron chi connectivity index (χ0n) is 10.1. The molecule has 0 spiro atoms. The van der Waals surface area contributed by atoms with Gasteiger partial charge in [-0.05, 0) is 71.6 Å². The zero-order valence-corrected chi connectivity index (χ0v) is 13.3. The SMILES string of the molecule is COc1ccc(CCCC(Br)C2CC2)cc1Br. The molecule has 3 heteroatoms. The summed E-state index contributed by atoms with van der Waals surface area (Å²) >= 11 is 7.31. The molecule has 0 N–H and O–H groups in total. The lowest BCUT2D eigenvalue weighted by Gasteiger charge is -2.09. The Labute approximate surface area is 120 Å². The molecule has 1 atom stereocenters. The second-order valence-electron chi connectivity index (χ2n) is 4.71. The molecule has 0 radical (unpaired) electrons. The lowest BCUT2D eigenvalue weighted by molar-refractivity contribution is 0.412. The minimum Gasteiger partial charge on any atom is -0.496 e. The van der Waals surface area contributed by atoms with Gasteiger partial charge in [0, 0.05) is 4.83 Å². The molecule has 1 aromatic rings. The number of ether oxygens (including phenoxy) is 1. The molecule has 1 saturated carbocycles. The van der Waals surface area contributed by atoms with Gasteiger partial charge in [0.15, 0.2) is 0 Å². The van der Waals surface area contributed by atoms with Crippen LogP contribution in [0.2, 0.25) is 0 Å². The molecule has 17 heavy (non-hydrogen) atoms. The van der Waals surface area contributed by atoms with Gasteiger partial charge >= 0.3 is 0 Å². The van der Waals surface area contributed by atoms with Crippen LogP contribution >= 0.6 is 31.9 Å². The molecule has 0 bridgehead atoms. The first-order valence-electron chi connectivity index (χ1n) is 6.17. The van der Waals surface area contributed by atoms with Gasteiger partial charge in [-0.25, -0.2) is 0 Å². The molecule has 94 valence electrons. The average Bonchev–Trinajstić information content (AvgIpc) is 3.13. The molecule has 1 aliphatic carbocycles. The molecule has 2 rings (SSSR count). The van der Waals surface area contributed by atoms with Crippen LogP contribution < -0.4 is 4.74 Å². The highest BCUT2D eigenvalue weighted by molar-refractivity contribution is 9.10. The number of rotatable bonds is 6. The topological polar surface area (TPSA) is 9.23 Å². The highest BCUT2D eigenvalue weighted by Gasteiger charge is 2.28. The second kappa shape index (κ2) is 6.24. The van der Waals surface area contributed by atoms with Crippen LogP contribution in [0.3, 0.4) is 0 Å². The van der Waals surface area contributed by atoms with Gasteiger partial charge in [-0.2, -0.15) is 0 Å². The summed E-state index contributed by atoms with van der Waals surface area (Å²) in [4.78, 5) is 0.740. The summed E-state index contributed by atoms with van der Waals surface area (Å²) < 4.78 is 6.28. The largest absolute Gasteiger partial charge is 0.496 e. The summed E-state index contributed by atoms with van der Waals surface area (Å²) in [5, 5.41) is 0. The third-order valence-electron chi connectivity index (χ3n) is 3.30. The van der Waals surface area contributed by atoms with Gasteiger partial charge in [-0.3, -0.25) is 0 Å². The molecule has 1 fully saturated rings. The first-order chi connectivity index (χ1) is 8.20. The number of benzene rings is 1. The van der Waals surface area contributed by atoms with E-state index in [2.05, 4.69) is 44.0 Å². The molecule has 0 aliphatic heterocycles. The van der Waals surface area contributed by atoms with E-state index >= 15 is 0 Å². The lowest BCUT2D eigenvalue weighted by Crippen LogP contribution is -2.01. The predicted octanol–water partition coefficient (Wildman–Crippen LogP) is 4.95. The molecule has 1 aliphatic rings. The predicted molar refractivity (Wildman–Crippen MR) is 79.1 cm³/mol. The first-order valence-corrected chi connectivity index (χ1v) is 7.88. The number of alkyl halides is 1.